The Morgan fingerprint density at radius 3 is 1.64 bits per heavy atom. The highest BCUT2D eigenvalue weighted by molar-refractivity contribution is 5.83. The van der Waals surface area contributed by atoms with E-state index in [9.17, 15) is 30.3 Å². The van der Waals surface area contributed by atoms with E-state index in [1.807, 2.05) is 6.92 Å². The summed E-state index contributed by atoms with van der Waals surface area (Å²) in [7, 11) is 0. The van der Waals surface area contributed by atoms with Crippen LogP contribution in [0.15, 0.2) is 24.2 Å². The molecule has 0 amide bonds. The highest BCUT2D eigenvalue weighted by atomic mass is 16.6. The molecule has 0 aliphatic carbocycles. The lowest BCUT2D eigenvalue weighted by atomic mass is 10.0. The number of nitro groups is 3. The van der Waals surface area contributed by atoms with Crippen LogP contribution in [0.4, 0.5) is 28.4 Å². The van der Waals surface area contributed by atoms with Gasteiger partial charge in [0.1, 0.15) is 0 Å². The molecule has 0 fully saturated rings. The van der Waals surface area contributed by atoms with Crippen molar-refractivity contribution in [1.29, 1.82) is 0 Å². The van der Waals surface area contributed by atoms with Crippen molar-refractivity contribution in [2.24, 2.45) is 0 Å². The van der Waals surface area contributed by atoms with Crippen LogP contribution in [-0.2, 0) is 0 Å². The number of benzene rings is 2. The molecule has 0 aliphatic rings. The van der Waals surface area contributed by atoms with Crippen LogP contribution in [0.3, 0.4) is 0 Å². The van der Waals surface area contributed by atoms with E-state index < -0.39 is 49.6 Å². The summed E-state index contributed by atoms with van der Waals surface area (Å²) in [5.74, 6) is 0. The van der Waals surface area contributed by atoms with Gasteiger partial charge in [-0.1, -0.05) is 17.7 Å². The van der Waals surface area contributed by atoms with Crippen molar-refractivity contribution in [1.82, 2.24) is 0 Å². The standard InChI is InChI=1S/C15H14N4O6/c1-8-4-9(2)14(10(3)5-8)16-15-12(18(22)23)6-11(17(20)21)7-13(15)19(24)25/h4-7,16H,1-3H3/i6D,7D. The normalized spacial score (nSPS) is 11.5. The highest BCUT2D eigenvalue weighted by Crippen LogP contribution is 2.41. The number of rotatable bonds is 5. The fourth-order valence-electron chi connectivity index (χ4n) is 2.48. The minimum atomic E-state index is -1.30. The third-order valence-electron chi connectivity index (χ3n) is 3.42. The average Bonchev–Trinajstić information content (AvgIpc) is 2.49. The van der Waals surface area contributed by atoms with Gasteiger partial charge in [0.05, 0.1) is 29.6 Å². The molecule has 0 bridgehead atoms. The van der Waals surface area contributed by atoms with E-state index in [-0.39, 0.29) is 0 Å². The predicted octanol–water partition coefficient (Wildman–Crippen LogP) is 4.08. The molecule has 130 valence electrons. The van der Waals surface area contributed by atoms with Crippen molar-refractivity contribution in [2.45, 2.75) is 20.8 Å². The maximum absolute atomic E-state index is 11.5. The zero-order valence-corrected chi connectivity index (χ0v) is 13.4. The SMILES string of the molecule is [2H]c1c([N+](=O)[O-])c([2H])c([N+](=O)[O-])c(Nc2c(C)cc(C)cc2C)c1[N+](=O)[O-]. The molecule has 0 heterocycles. The van der Waals surface area contributed by atoms with E-state index >= 15 is 0 Å². The molecule has 0 radical (unpaired) electrons. The first-order valence-corrected chi connectivity index (χ1v) is 6.92. The molecule has 0 saturated heterocycles. The second-order valence-corrected chi connectivity index (χ2v) is 5.34. The number of anilines is 2. The second-order valence-electron chi connectivity index (χ2n) is 5.34. The van der Waals surface area contributed by atoms with E-state index in [0.717, 1.165) is 5.56 Å². The van der Waals surface area contributed by atoms with Gasteiger partial charge in [-0.2, -0.15) is 0 Å². The van der Waals surface area contributed by atoms with Gasteiger partial charge in [-0.15, -0.1) is 0 Å². The summed E-state index contributed by atoms with van der Waals surface area (Å²) in [6.45, 7) is 5.17. The van der Waals surface area contributed by atoms with Crippen LogP contribution in [0.2, 0.25) is 0 Å². The van der Waals surface area contributed by atoms with Crippen LogP contribution in [0.5, 0.6) is 0 Å². The number of nitrogens with zero attached hydrogens (tertiary/aromatic N) is 3. The molecule has 0 aliphatic heterocycles. The van der Waals surface area contributed by atoms with Gasteiger partial charge in [-0.25, -0.2) is 0 Å². The molecule has 2 rings (SSSR count). The average molecular weight is 348 g/mol. The van der Waals surface area contributed by atoms with Crippen LogP contribution in [0, 0.1) is 51.1 Å². The number of hydrogen-bond donors (Lipinski definition) is 1. The first kappa shape index (κ1) is 15.0. The Morgan fingerprint density at radius 1 is 0.840 bits per heavy atom. The van der Waals surface area contributed by atoms with Gasteiger partial charge >= 0.3 is 11.4 Å². The minimum absolute atomic E-state index is 0.319. The van der Waals surface area contributed by atoms with Crippen LogP contribution in [0.25, 0.3) is 0 Å². The lowest BCUT2D eigenvalue weighted by molar-refractivity contribution is -0.401. The Morgan fingerprint density at radius 2 is 1.28 bits per heavy atom. The number of nitro benzene ring substituents is 3. The fraction of sp³-hybridized carbons (Fsp3) is 0.200. The molecule has 2 aromatic rings. The molecule has 0 aromatic heterocycles. The first-order valence-electron chi connectivity index (χ1n) is 7.92. The molecule has 0 spiro atoms. The van der Waals surface area contributed by atoms with Crippen LogP contribution < -0.4 is 5.32 Å². The summed E-state index contributed by atoms with van der Waals surface area (Å²) < 4.78 is 15.5. The van der Waals surface area contributed by atoms with E-state index in [4.69, 9.17) is 2.74 Å². The molecule has 2 aromatic carbocycles. The Balaban J connectivity index is 2.93. The molecule has 10 nitrogen and oxygen atoms in total. The maximum Gasteiger partial charge on any atom is 0.306 e. The summed E-state index contributed by atoms with van der Waals surface area (Å²) in [6.07, 6.45) is 0. The summed E-state index contributed by atoms with van der Waals surface area (Å²) >= 11 is 0. The Kier molecular flexibility index (Phi) is 3.91. The third kappa shape index (κ3) is 3.52. The zero-order chi connectivity index (χ0) is 20.6. The summed E-state index contributed by atoms with van der Waals surface area (Å²) in [4.78, 5) is 30.6. The molecule has 10 heteroatoms. The molecule has 25 heavy (non-hydrogen) atoms. The minimum Gasteiger partial charge on any atom is -0.344 e. The van der Waals surface area contributed by atoms with Gasteiger partial charge in [-0.05, 0) is 31.9 Å². The van der Waals surface area contributed by atoms with Crippen molar-refractivity contribution < 1.29 is 17.5 Å². The maximum atomic E-state index is 11.5. The van der Waals surface area contributed by atoms with E-state index in [0.29, 0.717) is 16.8 Å². The quantitative estimate of drug-likeness (QED) is 0.633. The molecule has 0 saturated carbocycles. The van der Waals surface area contributed by atoms with Crippen molar-refractivity contribution >= 4 is 28.4 Å². The summed E-state index contributed by atoms with van der Waals surface area (Å²) in [6, 6.07) is 1.12. The van der Waals surface area contributed by atoms with Crippen molar-refractivity contribution in [3.05, 3.63) is 71.3 Å². The van der Waals surface area contributed by atoms with Gasteiger partial charge in [0.25, 0.3) is 5.69 Å². The summed E-state index contributed by atoms with van der Waals surface area (Å²) in [5.41, 5.74) is -1.85. The largest absolute Gasteiger partial charge is 0.344 e. The Bertz CT molecular complexity index is 944. The number of hydrogen-bond acceptors (Lipinski definition) is 7. The van der Waals surface area contributed by atoms with Crippen LogP contribution >= 0.6 is 0 Å². The van der Waals surface area contributed by atoms with Crippen LogP contribution in [-0.4, -0.2) is 14.8 Å². The Labute approximate surface area is 144 Å². The number of aryl methyl sites for hydroxylation is 3. The lowest BCUT2D eigenvalue weighted by Crippen LogP contribution is -2.05. The molecular weight excluding hydrogens is 332 g/mol. The van der Waals surface area contributed by atoms with Crippen molar-refractivity contribution in [3.8, 4) is 0 Å². The van der Waals surface area contributed by atoms with Gasteiger partial charge < -0.3 is 5.32 Å². The first-order chi connectivity index (χ1) is 12.5. The van der Waals surface area contributed by atoms with Gasteiger partial charge in [0.15, 0.2) is 5.69 Å². The Hall–Kier alpha value is -3.56. The fourth-order valence-corrected chi connectivity index (χ4v) is 2.48. The molecule has 0 atom stereocenters. The lowest BCUT2D eigenvalue weighted by Gasteiger charge is -2.14. The van der Waals surface area contributed by atoms with Gasteiger partial charge in [0.2, 0.25) is 0 Å². The van der Waals surface area contributed by atoms with E-state index in [2.05, 4.69) is 5.32 Å². The summed E-state index contributed by atoms with van der Waals surface area (Å²) in [5, 5.41) is 36.6. The molecule has 0 unspecified atom stereocenters. The van der Waals surface area contributed by atoms with E-state index in [1.54, 1.807) is 26.0 Å². The topological polar surface area (TPSA) is 141 Å². The van der Waals surface area contributed by atoms with Crippen LogP contribution in [0.1, 0.15) is 19.4 Å². The molecular formula is C15H14N4O6. The van der Waals surface area contributed by atoms with Crippen molar-refractivity contribution in [3.63, 3.8) is 0 Å². The smallest absolute Gasteiger partial charge is 0.306 e. The monoisotopic (exact) mass is 348 g/mol. The van der Waals surface area contributed by atoms with Crippen molar-refractivity contribution in [2.75, 3.05) is 5.32 Å². The second kappa shape index (κ2) is 6.51. The zero-order valence-electron chi connectivity index (χ0n) is 15.4. The van der Waals surface area contributed by atoms with Gasteiger partial charge in [0, 0.05) is 5.69 Å². The van der Waals surface area contributed by atoms with E-state index in [1.165, 1.54) is 0 Å². The molecule has 1 N–H and O–H groups in total. The van der Waals surface area contributed by atoms with Gasteiger partial charge in [-0.3, -0.25) is 30.3 Å². The predicted molar refractivity (Wildman–Crippen MR) is 90.3 cm³/mol. The highest BCUT2D eigenvalue weighted by Gasteiger charge is 2.31. The number of nitrogens with one attached hydrogen (secondary N) is 1. The third-order valence-corrected chi connectivity index (χ3v) is 3.42.